The Morgan fingerprint density at radius 1 is 1.32 bits per heavy atom. The van der Waals surface area contributed by atoms with Crippen molar-refractivity contribution in [3.05, 3.63) is 35.4 Å². The van der Waals surface area contributed by atoms with E-state index in [9.17, 15) is 18.4 Å². The van der Waals surface area contributed by atoms with Crippen molar-refractivity contribution in [2.24, 2.45) is 5.41 Å². The predicted octanol–water partition coefficient (Wildman–Crippen LogP) is 2.61. The van der Waals surface area contributed by atoms with Gasteiger partial charge in [0.1, 0.15) is 0 Å². The molecule has 0 aliphatic carbocycles. The van der Waals surface area contributed by atoms with E-state index in [0.29, 0.717) is 31.4 Å². The maximum atomic E-state index is 13.1. The highest BCUT2D eigenvalue weighted by molar-refractivity contribution is 5.80. The Hall–Kier alpha value is -1.98. The van der Waals surface area contributed by atoms with Crippen molar-refractivity contribution in [1.29, 1.82) is 0 Å². The molecule has 0 radical (unpaired) electrons. The molecule has 1 amide bonds. The zero-order chi connectivity index (χ0) is 16.3. The molecular formula is C16H19F2NO3. The van der Waals surface area contributed by atoms with Crippen LogP contribution in [-0.2, 0) is 16.0 Å². The second-order valence-electron chi connectivity index (χ2n) is 6.03. The maximum Gasteiger partial charge on any atom is 0.311 e. The number of carboxylic acid groups (broad SMARTS) is 1. The SMILES string of the molecule is C[C@]1(C(=O)O)CCN(C(=O)CCCc2ccc(F)c(F)c2)C1. The van der Waals surface area contributed by atoms with E-state index in [0.717, 1.165) is 12.1 Å². The number of rotatable bonds is 5. The van der Waals surface area contributed by atoms with E-state index in [1.165, 1.54) is 6.07 Å². The van der Waals surface area contributed by atoms with Crippen LogP contribution in [0.25, 0.3) is 0 Å². The van der Waals surface area contributed by atoms with E-state index in [4.69, 9.17) is 5.11 Å². The van der Waals surface area contributed by atoms with E-state index in [1.807, 2.05) is 0 Å². The second-order valence-corrected chi connectivity index (χ2v) is 6.03. The van der Waals surface area contributed by atoms with Gasteiger partial charge in [-0.25, -0.2) is 8.78 Å². The molecule has 1 aromatic rings. The summed E-state index contributed by atoms with van der Waals surface area (Å²) in [5.41, 5.74) is -0.223. The van der Waals surface area contributed by atoms with Gasteiger partial charge in [0.15, 0.2) is 11.6 Å². The van der Waals surface area contributed by atoms with Gasteiger partial charge in [0, 0.05) is 19.5 Å². The molecule has 0 aromatic heterocycles. The molecule has 1 aliphatic heterocycles. The number of likely N-dealkylation sites (tertiary alicyclic amines) is 1. The molecule has 0 bridgehead atoms. The van der Waals surface area contributed by atoms with Crippen LogP contribution in [0.5, 0.6) is 0 Å². The lowest BCUT2D eigenvalue weighted by Crippen LogP contribution is -2.34. The minimum absolute atomic E-state index is 0.0902. The highest BCUT2D eigenvalue weighted by Gasteiger charge is 2.41. The van der Waals surface area contributed by atoms with Crippen LogP contribution in [-0.4, -0.2) is 35.0 Å². The van der Waals surface area contributed by atoms with Gasteiger partial charge in [-0.2, -0.15) is 0 Å². The Balaban J connectivity index is 1.81. The molecule has 120 valence electrons. The summed E-state index contributed by atoms with van der Waals surface area (Å²) in [6.07, 6.45) is 1.73. The van der Waals surface area contributed by atoms with Crippen LogP contribution < -0.4 is 0 Å². The summed E-state index contributed by atoms with van der Waals surface area (Å²) >= 11 is 0. The number of carboxylic acids is 1. The fourth-order valence-corrected chi connectivity index (χ4v) is 2.65. The third-order valence-corrected chi connectivity index (χ3v) is 4.18. The fraction of sp³-hybridized carbons (Fsp3) is 0.500. The van der Waals surface area contributed by atoms with E-state index >= 15 is 0 Å². The third-order valence-electron chi connectivity index (χ3n) is 4.18. The summed E-state index contributed by atoms with van der Waals surface area (Å²) in [5.74, 6) is -2.75. The number of aryl methyl sites for hydroxylation is 1. The minimum atomic E-state index is -0.888. The summed E-state index contributed by atoms with van der Waals surface area (Å²) < 4.78 is 25.9. The monoisotopic (exact) mass is 311 g/mol. The first-order valence-electron chi connectivity index (χ1n) is 7.27. The minimum Gasteiger partial charge on any atom is -0.481 e. The second kappa shape index (κ2) is 6.42. The molecule has 1 saturated heterocycles. The zero-order valence-corrected chi connectivity index (χ0v) is 12.4. The van der Waals surface area contributed by atoms with Crippen molar-refractivity contribution in [2.45, 2.75) is 32.6 Å². The van der Waals surface area contributed by atoms with E-state index in [1.54, 1.807) is 11.8 Å². The number of carbonyl (C=O) groups excluding carboxylic acids is 1. The van der Waals surface area contributed by atoms with Crippen LogP contribution in [0.1, 0.15) is 31.7 Å². The lowest BCUT2D eigenvalue weighted by molar-refractivity contribution is -0.147. The number of amides is 1. The Kier molecular flexibility index (Phi) is 4.78. The molecule has 4 nitrogen and oxygen atoms in total. The summed E-state index contributed by atoms with van der Waals surface area (Å²) in [4.78, 5) is 24.8. The lowest BCUT2D eigenvalue weighted by Gasteiger charge is -2.20. The average molecular weight is 311 g/mol. The lowest BCUT2D eigenvalue weighted by atomic mass is 9.90. The van der Waals surface area contributed by atoms with Crippen LogP contribution in [0.2, 0.25) is 0 Å². The normalized spacial score (nSPS) is 21.1. The van der Waals surface area contributed by atoms with Crippen molar-refractivity contribution >= 4 is 11.9 Å². The number of carbonyl (C=O) groups is 2. The summed E-state index contributed by atoms with van der Waals surface area (Å²) in [6, 6.07) is 3.71. The zero-order valence-electron chi connectivity index (χ0n) is 12.4. The standard InChI is InChI=1S/C16H19F2NO3/c1-16(15(21)22)7-8-19(10-16)14(20)4-2-3-11-5-6-12(17)13(18)9-11/h5-6,9H,2-4,7-8,10H2,1H3,(H,21,22)/t16-/m0/s1. The summed E-state index contributed by atoms with van der Waals surface area (Å²) in [6.45, 7) is 2.32. The van der Waals surface area contributed by atoms with Gasteiger partial charge >= 0.3 is 5.97 Å². The molecule has 1 atom stereocenters. The average Bonchev–Trinajstić information content (AvgIpc) is 2.87. The summed E-state index contributed by atoms with van der Waals surface area (Å²) in [7, 11) is 0. The Labute approximate surface area is 127 Å². The van der Waals surface area contributed by atoms with Gasteiger partial charge < -0.3 is 10.0 Å². The van der Waals surface area contributed by atoms with Crippen LogP contribution >= 0.6 is 0 Å². The first kappa shape index (κ1) is 16.4. The van der Waals surface area contributed by atoms with Gasteiger partial charge in [0.2, 0.25) is 5.91 Å². The first-order chi connectivity index (χ1) is 10.3. The number of hydrogen-bond donors (Lipinski definition) is 1. The number of nitrogens with zero attached hydrogens (tertiary/aromatic N) is 1. The molecule has 6 heteroatoms. The maximum absolute atomic E-state index is 13.1. The van der Waals surface area contributed by atoms with Crippen LogP contribution in [0.15, 0.2) is 18.2 Å². The smallest absolute Gasteiger partial charge is 0.311 e. The fourth-order valence-electron chi connectivity index (χ4n) is 2.65. The van der Waals surface area contributed by atoms with Gasteiger partial charge in [-0.15, -0.1) is 0 Å². The Morgan fingerprint density at radius 2 is 2.05 bits per heavy atom. The third kappa shape index (κ3) is 3.61. The largest absolute Gasteiger partial charge is 0.481 e. The van der Waals surface area contributed by atoms with Gasteiger partial charge in [0.25, 0.3) is 0 Å². The van der Waals surface area contributed by atoms with E-state index in [-0.39, 0.29) is 18.9 Å². The summed E-state index contributed by atoms with van der Waals surface area (Å²) in [5, 5.41) is 9.14. The van der Waals surface area contributed by atoms with Crippen molar-refractivity contribution in [1.82, 2.24) is 4.90 Å². The Morgan fingerprint density at radius 3 is 2.64 bits per heavy atom. The number of hydrogen-bond acceptors (Lipinski definition) is 2. The van der Waals surface area contributed by atoms with E-state index < -0.39 is 23.0 Å². The van der Waals surface area contributed by atoms with Crippen LogP contribution in [0.3, 0.4) is 0 Å². The van der Waals surface area contributed by atoms with Crippen molar-refractivity contribution in [2.75, 3.05) is 13.1 Å². The van der Waals surface area contributed by atoms with E-state index in [2.05, 4.69) is 0 Å². The molecule has 1 N–H and O–H groups in total. The molecule has 1 heterocycles. The molecule has 2 rings (SSSR count). The number of halogens is 2. The molecule has 1 fully saturated rings. The predicted molar refractivity (Wildman–Crippen MR) is 76.2 cm³/mol. The van der Waals surface area contributed by atoms with Gasteiger partial charge in [-0.05, 0) is 43.9 Å². The van der Waals surface area contributed by atoms with Crippen molar-refractivity contribution < 1.29 is 23.5 Å². The van der Waals surface area contributed by atoms with Crippen molar-refractivity contribution in [3.8, 4) is 0 Å². The molecule has 22 heavy (non-hydrogen) atoms. The highest BCUT2D eigenvalue weighted by Crippen LogP contribution is 2.30. The van der Waals surface area contributed by atoms with Crippen LogP contribution in [0, 0.1) is 17.0 Å². The number of benzene rings is 1. The molecular weight excluding hydrogens is 292 g/mol. The molecule has 0 saturated carbocycles. The topological polar surface area (TPSA) is 57.6 Å². The number of aliphatic carboxylic acids is 1. The van der Waals surface area contributed by atoms with Crippen LogP contribution in [0.4, 0.5) is 8.78 Å². The molecule has 0 spiro atoms. The van der Waals surface area contributed by atoms with Gasteiger partial charge in [-0.3, -0.25) is 9.59 Å². The quantitative estimate of drug-likeness (QED) is 0.909. The molecule has 0 unspecified atom stereocenters. The van der Waals surface area contributed by atoms with Crippen molar-refractivity contribution in [3.63, 3.8) is 0 Å². The highest BCUT2D eigenvalue weighted by atomic mass is 19.2. The first-order valence-corrected chi connectivity index (χ1v) is 7.27. The molecule has 1 aromatic carbocycles. The van der Waals surface area contributed by atoms with Gasteiger partial charge in [0.05, 0.1) is 5.41 Å². The molecule has 1 aliphatic rings. The Bertz CT molecular complexity index is 591. The van der Waals surface area contributed by atoms with Gasteiger partial charge in [-0.1, -0.05) is 6.07 Å².